The topological polar surface area (TPSA) is 116 Å². The van der Waals surface area contributed by atoms with Gasteiger partial charge in [0.1, 0.15) is 0 Å². The van der Waals surface area contributed by atoms with Crippen LogP contribution in [-0.4, -0.2) is 37.4 Å². The smallest absolute Gasteiger partial charge is 0.318 e. The molecule has 0 radical (unpaired) electrons. The standard InChI is InChI=1S/C17H15ClN6O2S/c1-10-12(18)3-2-4-13(10)24-15(11-5-7-20-8-6-11)22-23-17(24)27-9-14(25)21-16(19)26/h2-8H,9H2,1H3,(H3,19,21,25,26). The van der Waals surface area contributed by atoms with E-state index in [0.29, 0.717) is 16.0 Å². The predicted molar refractivity (Wildman–Crippen MR) is 103 cm³/mol. The Hall–Kier alpha value is -2.91. The van der Waals surface area contributed by atoms with Crippen molar-refractivity contribution < 1.29 is 9.59 Å². The van der Waals surface area contributed by atoms with Crippen LogP contribution in [0.25, 0.3) is 17.1 Å². The summed E-state index contributed by atoms with van der Waals surface area (Å²) in [7, 11) is 0. The van der Waals surface area contributed by atoms with Crippen LogP contribution in [0.3, 0.4) is 0 Å². The van der Waals surface area contributed by atoms with Gasteiger partial charge in [0, 0.05) is 23.0 Å². The third-order valence-corrected chi connectivity index (χ3v) is 4.99. The first-order valence-corrected chi connectivity index (χ1v) is 9.17. The molecule has 0 unspecified atom stereocenters. The molecule has 0 fully saturated rings. The molecule has 3 N–H and O–H groups in total. The monoisotopic (exact) mass is 402 g/mol. The van der Waals surface area contributed by atoms with Crippen LogP contribution in [0.1, 0.15) is 5.56 Å². The number of hydrogen-bond acceptors (Lipinski definition) is 6. The number of hydrogen-bond donors (Lipinski definition) is 2. The summed E-state index contributed by atoms with van der Waals surface area (Å²) in [5.41, 5.74) is 7.41. The molecule has 27 heavy (non-hydrogen) atoms. The summed E-state index contributed by atoms with van der Waals surface area (Å²) in [6.07, 6.45) is 3.32. The minimum Gasteiger partial charge on any atom is -0.351 e. The van der Waals surface area contributed by atoms with E-state index in [1.54, 1.807) is 18.5 Å². The fraction of sp³-hybridized carbons (Fsp3) is 0.118. The molecule has 2 heterocycles. The zero-order valence-electron chi connectivity index (χ0n) is 14.2. The zero-order valence-corrected chi connectivity index (χ0v) is 15.8. The van der Waals surface area contributed by atoms with Crippen LogP contribution in [0, 0.1) is 6.92 Å². The number of aromatic nitrogens is 4. The Morgan fingerprint density at radius 2 is 1.96 bits per heavy atom. The van der Waals surface area contributed by atoms with E-state index in [4.69, 9.17) is 17.3 Å². The molecule has 0 atom stereocenters. The van der Waals surface area contributed by atoms with Crippen molar-refractivity contribution in [3.05, 3.63) is 53.3 Å². The van der Waals surface area contributed by atoms with Crippen LogP contribution in [0.4, 0.5) is 4.79 Å². The fourth-order valence-electron chi connectivity index (χ4n) is 2.41. The van der Waals surface area contributed by atoms with Crippen molar-refractivity contribution >= 4 is 35.3 Å². The summed E-state index contributed by atoms with van der Waals surface area (Å²) >= 11 is 7.41. The van der Waals surface area contributed by atoms with Crippen molar-refractivity contribution in [2.75, 3.05) is 5.75 Å². The molecule has 0 aliphatic heterocycles. The highest BCUT2D eigenvalue weighted by molar-refractivity contribution is 7.99. The molecule has 8 nitrogen and oxygen atoms in total. The molecular weight excluding hydrogens is 388 g/mol. The maximum atomic E-state index is 11.8. The lowest BCUT2D eigenvalue weighted by atomic mass is 10.2. The summed E-state index contributed by atoms with van der Waals surface area (Å²) in [6.45, 7) is 1.89. The first kappa shape index (κ1) is 18.9. The van der Waals surface area contributed by atoms with Gasteiger partial charge in [-0.3, -0.25) is 19.7 Å². The largest absolute Gasteiger partial charge is 0.351 e. The highest BCUT2D eigenvalue weighted by Gasteiger charge is 2.19. The van der Waals surface area contributed by atoms with Gasteiger partial charge in [0.15, 0.2) is 11.0 Å². The molecule has 1 aromatic carbocycles. The molecule has 0 aliphatic carbocycles. The number of amides is 3. The number of thioether (sulfide) groups is 1. The summed E-state index contributed by atoms with van der Waals surface area (Å²) in [6, 6.07) is 8.25. The SMILES string of the molecule is Cc1c(Cl)cccc1-n1c(SCC(=O)NC(N)=O)nnc1-c1ccncc1. The van der Waals surface area contributed by atoms with Crippen LogP contribution in [0.15, 0.2) is 47.9 Å². The van der Waals surface area contributed by atoms with Crippen molar-refractivity contribution in [1.29, 1.82) is 0 Å². The molecule has 0 spiro atoms. The molecule has 3 amide bonds. The van der Waals surface area contributed by atoms with E-state index in [9.17, 15) is 9.59 Å². The number of nitrogens with two attached hydrogens (primary N) is 1. The molecule has 0 saturated carbocycles. The van der Waals surface area contributed by atoms with Crippen molar-refractivity contribution in [3.63, 3.8) is 0 Å². The Kier molecular flexibility index (Phi) is 5.72. The number of urea groups is 1. The first-order chi connectivity index (χ1) is 13.0. The Labute approximate surface area is 164 Å². The van der Waals surface area contributed by atoms with Crippen molar-refractivity contribution in [3.8, 4) is 17.1 Å². The predicted octanol–water partition coefficient (Wildman–Crippen LogP) is 2.58. The molecule has 2 aromatic heterocycles. The average molecular weight is 403 g/mol. The maximum absolute atomic E-state index is 11.8. The second-order valence-corrected chi connectivity index (χ2v) is 6.81. The van der Waals surface area contributed by atoms with E-state index in [-0.39, 0.29) is 5.75 Å². The molecule has 0 saturated heterocycles. The second kappa shape index (κ2) is 8.19. The molecule has 0 bridgehead atoms. The zero-order chi connectivity index (χ0) is 19.4. The normalized spacial score (nSPS) is 10.6. The van der Waals surface area contributed by atoms with E-state index >= 15 is 0 Å². The van der Waals surface area contributed by atoms with Gasteiger partial charge in [0.25, 0.3) is 0 Å². The van der Waals surface area contributed by atoms with Gasteiger partial charge in [-0.1, -0.05) is 29.4 Å². The van der Waals surface area contributed by atoms with Crippen LogP contribution in [-0.2, 0) is 4.79 Å². The molecule has 3 rings (SSSR count). The van der Waals surface area contributed by atoms with Gasteiger partial charge in [-0.05, 0) is 36.8 Å². The number of imide groups is 1. The lowest BCUT2D eigenvalue weighted by Crippen LogP contribution is -2.36. The van der Waals surface area contributed by atoms with Crippen molar-refractivity contribution in [2.45, 2.75) is 12.1 Å². The van der Waals surface area contributed by atoms with E-state index in [1.807, 2.05) is 41.1 Å². The van der Waals surface area contributed by atoms with E-state index < -0.39 is 11.9 Å². The number of carbonyl (C=O) groups excluding carboxylic acids is 2. The van der Waals surface area contributed by atoms with Crippen molar-refractivity contribution in [2.24, 2.45) is 5.73 Å². The highest BCUT2D eigenvalue weighted by atomic mass is 35.5. The van der Waals surface area contributed by atoms with E-state index in [2.05, 4.69) is 15.2 Å². The quantitative estimate of drug-likeness (QED) is 0.633. The molecule has 10 heteroatoms. The van der Waals surface area contributed by atoms with Gasteiger partial charge >= 0.3 is 6.03 Å². The number of nitrogens with one attached hydrogen (secondary N) is 1. The summed E-state index contributed by atoms with van der Waals surface area (Å²) in [4.78, 5) is 26.6. The number of nitrogens with zero attached hydrogens (tertiary/aromatic N) is 4. The van der Waals surface area contributed by atoms with Crippen LogP contribution in [0.2, 0.25) is 5.02 Å². The second-order valence-electron chi connectivity index (χ2n) is 5.46. The van der Waals surface area contributed by atoms with Gasteiger partial charge in [0.05, 0.1) is 11.4 Å². The van der Waals surface area contributed by atoms with Crippen LogP contribution < -0.4 is 11.1 Å². The van der Waals surface area contributed by atoms with E-state index in [0.717, 1.165) is 28.6 Å². The van der Waals surface area contributed by atoms with E-state index in [1.165, 1.54) is 0 Å². The Morgan fingerprint density at radius 3 is 2.67 bits per heavy atom. The van der Waals surface area contributed by atoms with Gasteiger partial charge in [-0.25, -0.2) is 4.79 Å². The summed E-state index contributed by atoms with van der Waals surface area (Å²) in [5.74, 6) is 0.0210. The van der Waals surface area contributed by atoms with Gasteiger partial charge in [0.2, 0.25) is 5.91 Å². The number of rotatable bonds is 5. The van der Waals surface area contributed by atoms with Gasteiger partial charge in [-0.15, -0.1) is 10.2 Å². The maximum Gasteiger partial charge on any atom is 0.318 e. The Balaban J connectivity index is 2.04. The number of benzene rings is 1. The fourth-order valence-corrected chi connectivity index (χ4v) is 3.32. The highest BCUT2D eigenvalue weighted by Crippen LogP contribution is 2.31. The Bertz CT molecular complexity index is 992. The number of carbonyl (C=O) groups is 2. The average Bonchev–Trinajstić information content (AvgIpc) is 3.06. The molecular formula is C17H15ClN6O2S. The van der Waals surface area contributed by atoms with Gasteiger partial charge in [-0.2, -0.15) is 0 Å². The molecule has 3 aromatic rings. The summed E-state index contributed by atoms with van der Waals surface area (Å²) < 4.78 is 1.82. The van der Waals surface area contributed by atoms with Crippen LogP contribution in [0.5, 0.6) is 0 Å². The minimum absolute atomic E-state index is 0.0446. The first-order valence-electron chi connectivity index (χ1n) is 7.80. The van der Waals surface area contributed by atoms with Gasteiger partial charge < -0.3 is 5.73 Å². The minimum atomic E-state index is -0.898. The Morgan fingerprint density at radius 1 is 1.22 bits per heavy atom. The van der Waals surface area contributed by atoms with Crippen molar-refractivity contribution in [1.82, 2.24) is 25.1 Å². The lowest BCUT2D eigenvalue weighted by molar-refractivity contribution is -0.117. The lowest BCUT2D eigenvalue weighted by Gasteiger charge is -2.13. The number of halogens is 1. The third-order valence-electron chi connectivity index (χ3n) is 3.65. The van der Waals surface area contributed by atoms with Crippen LogP contribution >= 0.6 is 23.4 Å². The number of pyridine rings is 1. The third kappa shape index (κ3) is 4.26. The number of primary amides is 1. The summed E-state index contributed by atoms with van der Waals surface area (Å²) in [5, 5.41) is 11.6. The molecule has 138 valence electrons. The molecule has 0 aliphatic rings.